The van der Waals surface area contributed by atoms with E-state index in [-0.39, 0.29) is 12.5 Å². The Kier molecular flexibility index (Phi) is 6.47. The van der Waals surface area contributed by atoms with Gasteiger partial charge in [0.2, 0.25) is 0 Å². The Morgan fingerprint density at radius 1 is 1.13 bits per heavy atom. The summed E-state index contributed by atoms with van der Waals surface area (Å²) in [6.45, 7) is 4.53. The Bertz CT molecular complexity index is 673. The highest BCUT2D eigenvalue weighted by atomic mass is 79.9. The van der Waals surface area contributed by atoms with Crippen molar-refractivity contribution < 1.29 is 14.3 Å². The lowest BCUT2D eigenvalue weighted by Gasteiger charge is -2.13. The molecule has 0 bridgehead atoms. The number of hydrogen-bond donors (Lipinski definition) is 1. The number of hydrogen-bond acceptors (Lipinski definition) is 3. The molecule has 5 heteroatoms. The number of halogens is 1. The summed E-state index contributed by atoms with van der Waals surface area (Å²) in [6.07, 6.45) is 0.914. The Morgan fingerprint density at radius 2 is 1.83 bits per heavy atom. The summed E-state index contributed by atoms with van der Waals surface area (Å²) >= 11 is 3.40. The minimum absolute atomic E-state index is 0.0675. The SMILES string of the molecule is CCCOc1ccccc1OCC(=O)Nc1ccc(Br)cc1C. The zero-order valence-corrected chi connectivity index (χ0v) is 14.9. The van der Waals surface area contributed by atoms with Crippen LogP contribution in [-0.4, -0.2) is 19.1 Å². The predicted molar refractivity (Wildman–Crippen MR) is 95.2 cm³/mol. The van der Waals surface area contributed by atoms with Gasteiger partial charge in [-0.05, 0) is 49.2 Å². The molecule has 1 amide bonds. The summed E-state index contributed by atoms with van der Waals surface area (Å²) in [5.41, 5.74) is 1.76. The zero-order valence-electron chi connectivity index (χ0n) is 13.3. The maximum absolute atomic E-state index is 12.1. The molecule has 0 aliphatic carbocycles. The van der Waals surface area contributed by atoms with E-state index >= 15 is 0 Å². The Morgan fingerprint density at radius 3 is 2.48 bits per heavy atom. The first-order chi connectivity index (χ1) is 11.1. The van der Waals surface area contributed by atoms with E-state index in [1.54, 1.807) is 6.07 Å². The fourth-order valence-electron chi connectivity index (χ4n) is 2.00. The Hall–Kier alpha value is -2.01. The van der Waals surface area contributed by atoms with Crippen molar-refractivity contribution in [3.05, 3.63) is 52.5 Å². The predicted octanol–water partition coefficient (Wildman–Crippen LogP) is 4.56. The lowest BCUT2D eigenvalue weighted by atomic mass is 10.2. The van der Waals surface area contributed by atoms with Gasteiger partial charge in [0, 0.05) is 10.2 Å². The van der Waals surface area contributed by atoms with Gasteiger partial charge in [-0.2, -0.15) is 0 Å². The first kappa shape index (κ1) is 17.3. The molecular formula is C18H20BrNO3. The first-order valence-electron chi connectivity index (χ1n) is 7.50. The molecule has 0 aliphatic rings. The summed E-state index contributed by atoms with van der Waals surface area (Å²) in [7, 11) is 0. The van der Waals surface area contributed by atoms with Crippen molar-refractivity contribution in [2.75, 3.05) is 18.5 Å². The molecule has 23 heavy (non-hydrogen) atoms. The largest absolute Gasteiger partial charge is 0.490 e. The van der Waals surface area contributed by atoms with Crippen molar-refractivity contribution in [3.63, 3.8) is 0 Å². The summed E-state index contributed by atoms with van der Waals surface area (Å²) in [5, 5.41) is 2.84. The number of carbonyl (C=O) groups excluding carboxylic acids is 1. The Labute approximate surface area is 144 Å². The molecule has 0 heterocycles. The summed E-state index contributed by atoms with van der Waals surface area (Å²) in [6, 6.07) is 13.1. The van der Waals surface area contributed by atoms with Gasteiger partial charge in [-0.3, -0.25) is 4.79 Å². The average Bonchev–Trinajstić information content (AvgIpc) is 2.54. The fraction of sp³-hybridized carbons (Fsp3) is 0.278. The van der Waals surface area contributed by atoms with E-state index in [9.17, 15) is 4.79 Å². The van der Waals surface area contributed by atoms with Gasteiger partial charge in [0.15, 0.2) is 18.1 Å². The van der Waals surface area contributed by atoms with Crippen LogP contribution >= 0.6 is 15.9 Å². The lowest BCUT2D eigenvalue weighted by molar-refractivity contribution is -0.118. The van der Waals surface area contributed by atoms with E-state index < -0.39 is 0 Å². The molecule has 0 saturated carbocycles. The number of carbonyl (C=O) groups is 1. The van der Waals surface area contributed by atoms with E-state index in [2.05, 4.69) is 21.2 Å². The molecule has 122 valence electrons. The molecule has 0 spiro atoms. The summed E-state index contributed by atoms with van der Waals surface area (Å²) in [5.74, 6) is 1.02. The molecule has 4 nitrogen and oxygen atoms in total. The monoisotopic (exact) mass is 377 g/mol. The number of para-hydroxylation sites is 2. The molecule has 1 N–H and O–H groups in total. The number of aryl methyl sites for hydroxylation is 1. The van der Waals surface area contributed by atoms with Crippen LogP contribution < -0.4 is 14.8 Å². The van der Waals surface area contributed by atoms with Crippen LogP contribution in [0.5, 0.6) is 11.5 Å². The molecule has 2 aromatic carbocycles. The second-order valence-electron chi connectivity index (χ2n) is 5.09. The number of ether oxygens (including phenoxy) is 2. The van der Waals surface area contributed by atoms with Crippen LogP contribution in [0.1, 0.15) is 18.9 Å². The maximum atomic E-state index is 12.1. The third kappa shape index (κ3) is 5.28. The van der Waals surface area contributed by atoms with Crippen LogP contribution in [-0.2, 0) is 4.79 Å². The van der Waals surface area contributed by atoms with E-state index in [1.807, 2.05) is 50.2 Å². The van der Waals surface area contributed by atoms with Gasteiger partial charge in [-0.25, -0.2) is 0 Å². The zero-order chi connectivity index (χ0) is 16.7. The van der Waals surface area contributed by atoms with E-state index in [1.165, 1.54) is 0 Å². The number of rotatable bonds is 7. The van der Waals surface area contributed by atoms with Gasteiger partial charge in [-0.1, -0.05) is 35.0 Å². The van der Waals surface area contributed by atoms with Crippen molar-refractivity contribution in [1.29, 1.82) is 0 Å². The molecule has 0 aromatic heterocycles. The van der Waals surface area contributed by atoms with Crippen LogP contribution in [0.3, 0.4) is 0 Å². The van der Waals surface area contributed by atoms with Gasteiger partial charge in [-0.15, -0.1) is 0 Å². The van der Waals surface area contributed by atoms with E-state index in [4.69, 9.17) is 9.47 Å². The van der Waals surface area contributed by atoms with Crippen LogP contribution in [0.15, 0.2) is 46.9 Å². The summed E-state index contributed by atoms with van der Waals surface area (Å²) in [4.78, 5) is 12.1. The maximum Gasteiger partial charge on any atom is 0.262 e. The molecule has 0 unspecified atom stereocenters. The van der Waals surface area contributed by atoms with Crippen molar-refractivity contribution in [2.24, 2.45) is 0 Å². The quantitative estimate of drug-likeness (QED) is 0.768. The molecule has 2 aromatic rings. The molecule has 0 radical (unpaired) electrons. The number of nitrogens with one attached hydrogen (secondary N) is 1. The van der Waals surface area contributed by atoms with Gasteiger partial charge in [0.05, 0.1) is 6.61 Å². The third-order valence-electron chi connectivity index (χ3n) is 3.13. The second-order valence-corrected chi connectivity index (χ2v) is 6.01. The first-order valence-corrected chi connectivity index (χ1v) is 8.30. The van der Waals surface area contributed by atoms with Crippen molar-refractivity contribution in [3.8, 4) is 11.5 Å². The number of amides is 1. The topological polar surface area (TPSA) is 47.6 Å². The van der Waals surface area contributed by atoms with Gasteiger partial charge >= 0.3 is 0 Å². The average molecular weight is 378 g/mol. The highest BCUT2D eigenvalue weighted by molar-refractivity contribution is 9.10. The molecular weight excluding hydrogens is 358 g/mol. The second kappa shape index (κ2) is 8.58. The van der Waals surface area contributed by atoms with Gasteiger partial charge in [0.25, 0.3) is 5.91 Å². The molecule has 0 fully saturated rings. The highest BCUT2D eigenvalue weighted by Crippen LogP contribution is 2.26. The minimum Gasteiger partial charge on any atom is -0.490 e. The van der Waals surface area contributed by atoms with Crippen LogP contribution in [0.2, 0.25) is 0 Å². The Balaban J connectivity index is 1.94. The summed E-state index contributed by atoms with van der Waals surface area (Å²) < 4.78 is 12.2. The fourth-order valence-corrected chi connectivity index (χ4v) is 2.47. The van der Waals surface area contributed by atoms with Crippen molar-refractivity contribution in [1.82, 2.24) is 0 Å². The molecule has 0 atom stereocenters. The van der Waals surface area contributed by atoms with Gasteiger partial charge < -0.3 is 14.8 Å². The van der Waals surface area contributed by atoms with Crippen molar-refractivity contribution >= 4 is 27.5 Å². The molecule has 0 saturated heterocycles. The molecule has 0 aliphatic heterocycles. The van der Waals surface area contributed by atoms with Gasteiger partial charge in [0.1, 0.15) is 0 Å². The van der Waals surface area contributed by atoms with Crippen LogP contribution in [0.25, 0.3) is 0 Å². The van der Waals surface area contributed by atoms with E-state index in [0.717, 1.165) is 22.1 Å². The van der Waals surface area contributed by atoms with Crippen molar-refractivity contribution in [2.45, 2.75) is 20.3 Å². The third-order valence-corrected chi connectivity index (χ3v) is 3.63. The smallest absolute Gasteiger partial charge is 0.262 e. The van der Waals surface area contributed by atoms with E-state index in [0.29, 0.717) is 18.1 Å². The van der Waals surface area contributed by atoms with Crippen LogP contribution in [0.4, 0.5) is 5.69 Å². The normalized spacial score (nSPS) is 10.2. The van der Waals surface area contributed by atoms with Crippen LogP contribution in [0, 0.1) is 6.92 Å². The number of benzene rings is 2. The standard InChI is InChI=1S/C18H20BrNO3/c1-3-10-22-16-6-4-5-7-17(16)23-12-18(21)20-15-9-8-14(19)11-13(15)2/h4-9,11H,3,10,12H2,1-2H3,(H,20,21). The highest BCUT2D eigenvalue weighted by Gasteiger charge is 2.09. The number of anilines is 1. The lowest BCUT2D eigenvalue weighted by Crippen LogP contribution is -2.20. The molecule has 2 rings (SSSR count). The minimum atomic E-state index is -0.208.